The quantitative estimate of drug-likeness (QED) is 0.794. The Labute approximate surface area is 80.1 Å². The van der Waals surface area contributed by atoms with E-state index in [1.54, 1.807) is 0 Å². The molecular weight excluding hydrogens is 218 g/mol. The van der Waals surface area contributed by atoms with Crippen LogP contribution in [-0.4, -0.2) is 13.7 Å². The Hall–Kier alpha value is -0.540. The smallest absolute Gasteiger partial charge is 0.138 e. The first-order chi connectivity index (χ1) is 5.83. The van der Waals surface area contributed by atoms with Gasteiger partial charge in [-0.3, -0.25) is 0 Å². The number of hydrogen-bond acceptors (Lipinski definition) is 2. The number of rotatable bonds is 1. The molecule has 1 unspecified atom stereocenters. The molecule has 0 saturated carbocycles. The summed E-state index contributed by atoms with van der Waals surface area (Å²) in [7, 11) is 1.95. The zero-order valence-electron chi connectivity index (χ0n) is 6.80. The van der Waals surface area contributed by atoms with Crippen molar-refractivity contribution in [3.63, 3.8) is 0 Å². The lowest BCUT2D eigenvalue weighted by atomic mass is 10.1. The standard InChI is InChI=1S/C9H10BrNO/c1-11-8-5-12-9-6(8)3-2-4-7(9)10/h2-4,8,11H,5H2,1H3. The molecule has 0 fully saturated rings. The van der Waals surface area contributed by atoms with Crippen LogP contribution in [-0.2, 0) is 0 Å². The first-order valence-corrected chi connectivity index (χ1v) is 4.70. The van der Waals surface area contributed by atoms with E-state index in [9.17, 15) is 0 Å². The number of likely N-dealkylation sites (N-methyl/N-ethyl adjacent to an activating group) is 1. The fourth-order valence-corrected chi connectivity index (χ4v) is 1.94. The average molecular weight is 228 g/mol. The van der Waals surface area contributed by atoms with Crippen LogP contribution in [0.4, 0.5) is 0 Å². The van der Waals surface area contributed by atoms with Crippen LogP contribution in [0.25, 0.3) is 0 Å². The molecule has 1 N–H and O–H groups in total. The van der Waals surface area contributed by atoms with Crippen molar-refractivity contribution in [2.24, 2.45) is 0 Å². The largest absolute Gasteiger partial charge is 0.490 e. The van der Waals surface area contributed by atoms with Gasteiger partial charge in [-0.1, -0.05) is 12.1 Å². The van der Waals surface area contributed by atoms with E-state index in [-0.39, 0.29) is 0 Å². The van der Waals surface area contributed by atoms with Crippen LogP contribution in [0.1, 0.15) is 11.6 Å². The fourth-order valence-electron chi connectivity index (χ4n) is 1.45. The lowest BCUT2D eigenvalue weighted by molar-refractivity contribution is 0.317. The molecule has 3 heteroatoms. The summed E-state index contributed by atoms with van der Waals surface area (Å²) in [5.74, 6) is 0.983. The predicted octanol–water partition coefficient (Wildman–Crippen LogP) is 2.10. The Balaban J connectivity index is 2.46. The molecule has 1 aliphatic heterocycles. The summed E-state index contributed by atoms with van der Waals surface area (Å²) in [6.07, 6.45) is 0. The number of fused-ring (bicyclic) bond motifs is 1. The summed E-state index contributed by atoms with van der Waals surface area (Å²) >= 11 is 3.45. The summed E-state index contributed by atoms with van der Waals surface area (Å²) in [6, 6.07) is 6.46. The first-order valence-electron chi connectivity index (χ1n) is 3.91. The Morgan fingerprint density at radius 3 is 3.17 bits per heavy atom. The number of benzene rings is 1. The summed E-state index contributed by atoms with van der Waals surface area (Å²) in [5, 5.41) is 3.20. The lowest BCUT2D eigenvalue weighted by Gasteiger charge is -2.05. The van der Waals surface area contributed by atoms with Crippen LogP contribution in [0.15, 0.2) is 22.7 Å². The molecule has 12 heavy (non-hydrogen) atoms. The van der Waals surface area contributed by atoms with Crippen molar-refractivity contribution >= 4 is 15.9 Å². The highest BCUT2D eigenvalue weighted by atomic mass is 79.9. The highest BCUT2D eigenvalue weighted by Crippen LogP contribution is 2.37. The molecule has 0 aromatic heterocycles. The summed E-state index contributed by atoms with van der Waals surface area (Å²) < 4.78 is 6.56. The van der Waals surface area contributed by atoms with Gasteiger partial charge in [0.25, 0.3) is 0 Å². The average Bonchev–Trinajstić information content (AvgIpc) is 2.49. The van der Waals surface area contributed by atoms with E-state index in [4.69, 9.17) is 4.74 Å². The third-order valence-corrected chi connectivity index (χ3v) is 2.74. The van der Waals surface area contributed by atoms with E-state index in [1.165, 1.54) is 5.56 Å². The van der Waals surface area contributed by atoms with Gasteiger partial charge in [0.1, 0.15) is 12.4 Å². The second-order valence-corrected chi connectivity index (χ2v) is 3.66. The van der Waals surface area contributed by atoms with Crippen LogP contribution in [0.5, 0.6) is 5.75 Å². The van der Waals surface area contributed by atoms with Crippen LogP contribution in [0.2, 0.25) is 0 Å². The molecule has 0 spiro atoms. The van der Waals surface area contributed by atoms with E-state index in [2.05, 4.69) is 27.3 Å². The van der Waals surface area contributed by atoms with E-state index in [0.717, 1.165) is 16.8 Å². The van der Waals surface area contributed by atoms with Gasteiger partial charge in [0, 0.05) is 5.56 Å². The van der Waals surface area contributed by atoms with Crippen LogP contribution >= 0.6 is 15.9 Å². The minimum absolute atomic E-state index is 0.345. The predicted molar refractivity (Wildman–Crippen MR) is 51.4 cm³/mol. The molecule has 2 rings (SSSR count). The van der Waals surface area contributed by atoms with Crippen molar-refractivity contribution < 1.29 is 4.74 Å². The molecule has 0 bridgehead atoms. The maximum atomic E-state index is 5.52. The van der Waals surface area contributed by atoms with Crippen molar-refractivity contribution in [2.45, 2.75) is 6.04 Å². The summed E-state index contributed by atoms with van der Waals surface area (Å²) in [5.41, 5.74) is 1.24. The minimum Gasteiger partial charge on any atom is -0.490 e. The van der Waals surface area contributed by atoms with Crippen molar-refractivity contribution in [3.05, 3.63) is 28.2 Å². The molecule has 0 saturated heterocycles. The molecule has 2 nitrogen and oxygen atoms in total. The fraction of sp³-hybridized carbons (Fsp3) is 0.333. The molecule has 1 atom stereocenters. The van der Waals surface area contributed by atoms with Crippen molar-refractivity contribution in [1.82, 2.24) is 5.32 Å². The molecule has 0 radical (unpaired) electrons. The minimum atomic E-state index is 0.345. The van der Waals surface area contributed by atoms with Crippen LogP contribution in [0.3, 0.4) is 0 Å². The third kappa shape index (κ3) is 1.13. The van der Waals surface area contributed by atoms with Crippen molar-refractivity contribution in [2.75, 3.05) is 13.7 Å². The maximum absolute atomic E-state index is 5.52. The number of ether oxygens (including phenoxy) is 1. The van der Waals surface area contributed by atoms with Gasteiger partial charge < -0.3 is 10.1 Å². The van der Waals surface area contributed by atoms with Crippen LogP contribution < -0.4 is 10.1 Å². The van der Waals surface area contributed by atoms with Crippen molar-refractivity contribution in [1.29, 1.82) is 0 Å². The Morgan fingerprint density at radius 1 is 1.58 bits per heavy atom. The second-order valence-electron chi connectivity index (χ2n) is 2.81. The number of halogens is 1. The van der Waals surface area contributed by atoms with Gasteiger partial charge in [-0.05, 0) is 29.0 Å². The molecule has 1 aromatic rings. The summed E-state index contributed by atoms with van der Waals surface area (Å²) in [6.45, 7) is 0.731. The molecule has 0 aliphatic carbocycles. The van der Waals surface area contributed by atoms with Gasteiger partial charge in [-0.15, -0.1) is 0 Å². The highest BCUT2D eigenvalue weighted by Gasteiger charge is 2.23. The van der Waals surface area contributed by atoms with E-state index in [1.807, 2.05) is 19.2 Å². The normalized spacial score (nSPS) is 20.3. The van der Waals surface area contributed by atoms with Crippen molar-refractivity contribution in [3.8, 4) is 5.75 Å². The molecule has 1 heterocycles. The molecule has 1 aliphatic rings. The van der Waals surface area contributed by atoms with Gasteiger partial charge in [-0.25, -0.2) is 0 Å². The van der Waals surface area contributed by atoms with Gasteiger partial charge in [0.05, 0.1) is 10.5 Å². The third-order valence-electron chi connectivity index (χ3n) is 2.12. The lowest BCUT2D eigenvalue weighted by Crippen LogP contribution is -2.16. The second kappa shape index (κ2) is 3.07. The Bertz CT molecular complexity index is 301. The number of hydrogen-bond donors (Lipinski definition) is 1. The SMILES string of the molecule is CNC1COc2c(Br)cccc21. The van der Waals surface area contributed by atoms with Gasteiger partial charge in [0.2, 0.25) is 0 Å². The molecular formula is C9H10BrNO. The monoisotopic (exact) mass is 227 g/mol. The first kappa shape index (κ1) is 8.08. The van der Waals surface area contributed by atoms with Crippen LogP contribution in [0, 0.1) is 0 Å². The zero-order chi connectivity index (χ0) is 8.55. The Morgan fingerprint density at radius 2 is 2.42 bits per heavy atom. The zero-order valence-corrected chi connectivity index (χ0v) is 8.39. The molecule has 0 amide bonds. The van der Waals surface area contributed by atoms with E-state index < -0.39 is 0 Å². The Kier molecular flexibility index (Phi) is 2.07. The molecule has 64 valence electrons. The van der Waals surface area contributed by atoms with Gasteiger partial charge in [-0.2, -0.15) is 0 Å². The van der Waals surface area contributed by atoms with Gasteiger partial charge >= 0.3 is 0 Å². The maximum Gasteiger partial charge on any atom is 0.138 e. The topological polar surface area (TPSA) is 21.3 Å². The van der Waals surface area contributed by atoms with Gasteiger partial charge in [0.15, 0.2) is 0 Å². The van der Waals surface area contributed by atoms with E-state index in [0.29, 0.717) is 6.04 Å². The van der Waals surface area contributed by atoms with E-state index >= 15 is 0 Å². The molecule has 1 aromatic carbocycles. The summed E-state index contributed by atoms with van der Waals surface area (Å²) in [4.78, 5) is 0. The number of para-hydroxylation sites is 1. The number of nitrogens with one attached hydrogen (secondary N) is 1. The highest BCUT2D eigenvalue weighted by molar-refractivity contribution is 9.10.